The van der Waals surface area contributed by atoms with Crippen molar-refractivity contribution in [2.24, 2.45) is 0 Å². The lowest BCUT2D eigenvalue weighted by Gasteiger charge is -2.13. The second-order valence-electron chi connectivity index (χ2n) is 6.04. The Balaban J connectivity index is 1.56. The molecular weight excluding hydrogens is 319 g/mol. The molecule has 0 fully saturated rings. The molecule has 6 heteroatoms. The first-order valence-electron chi connectivity index (χ1n) is 8.51. The highest BCUT2D eigenvalue weighted by Crippen LogP contribution is 2.19. The molecule has 1 aromatic carbocycles. The van der Waals surface area contributed by atoms with Crippen LogP contribution in [0.25, 0.3) is 0 Å². The molecule has 130 valence electrons. The van der Waals surface area contributed by atoms with E-state index in [1.165, 1.54) is 36.9 Å². The number of allylic oxidation sites excluding steroid dienone is 1. The maximum atomic E-state index is 13.2. The number of hydrogen-bond donors (Lipinski definition) is 2. The Morgan fingerprint density at radius 2 is 2.12 bits per heavy atom. The first kappa shape index (κ1) is 17.1. The molecule has 0 saturated heterocycles. The number of carbonyl (C=O) groups is 1. The van der Waals surface area contributed by atoms with E-state index in [0.717, 1.165) is 19.3 Å². The lowest BCUT2D eigenvalue weighted by Crippen LogP contribution is -2.26. The molecule has 1 heterocycles. The molecule has 1 aliphatic rings. The topological polar surface area (TPSA) is 66.9 Å². The van der Waals surface area contributed by atoms with Gasteiger partial charge in [0.2, 0.25) is 0 Å². The monoisotopic (exact) mass is 340 g/mol. The van der Waals surface area contributed by atoms with E-state index in [-0.39, 0.29) is 17.4 Å². The summed E-state index contributed by atoms with van der Waals surface area (Å²) in [6, 6.07) is 7.61. The van der Waals surface area contributed by atoms with Gasteiger partial charge in [-0.15, -0.1) is 0 Å². The van der Waals surface area contributed by atoms with Crippen molar-refractivity contribution in [2.45, 2.75) is 32.1 Å². The van der Waals surface area contributed by atoms with Crippen LogP contribution in [0.5, 0.6) is 0 Å². The van der Waals surface area contributed by atoms with Crippen LogP contribution in [0.2, 0.25) is 0 Å². The lowest BCUT2D eigenvalue weighted by molar-refractivity contribution is 0.0949. The van der Waals surface area contributed by atoms with E-state index in [1.54, 1.807) is 18.2 Å². The second-order valence-corrected chi connectivity index (χ2v) is 6.04. The van der Waals surface area contributed by atoms with Crippen molar-refractivity contribution in [1.29, 1.82) is 0 Å². The number of halogens is 1. The van der Waals surface area contributed by atoms with Gasteiger partial charge in [0.1, 0.15) is 23.7 Å². The number of benzene rings is 1. The molecule has 2 N–H and O–H groups in total. The molecule has 0 atom stereocenters. The normalized spacial score (nSPS) is 13.9. The van der Waals surface area contributed by atoms with E-state index in [0.29, 0.717) is 18.1 Å². The van der Waals surface area contributed by atoms with Crippen molar-refractivity contribution in [3.05, 3.63) is 59.8 Å². The fourth-order valence-electron chi connectivity index (χ4n) is 2.82. The predicted octanol–water partition coefficient (Wildman–Crippen LogP) is 3.98. The Kier molecular flexibility index (Phi) is 5.72. The van der Waals surface area contributed by atoms with Gasteiger partial charge in [0.15, 0.2) is 0 Å². The Labute approximate surface area is 146 Å². The van der Waals surface area contributed by atoms with Crippen LogP contribution in [0.1, 0.15) is 42.6 Å². The second kappa shape index (κ2) is 8.37. The molecule has 1 aliphatic carbocycles. The van der Waals surface area contributed by atoms with Crippen molar-refractivity contribution in [1.82, 2.24) is 15.3 Å². The third-order valence-electron chi connectivity index (χ3n) is 4.11. The Morgan fingerprint density at radius 3 is 2.92 bits per heavy atom. The van der Waals surface area contributed by atoms with Crippen LogP contribution in [0.15, 0.2) is 48.3 Å². The van der Waals surface area contributed by atoms with Gasteiger partial charge in [-0.2, -0.15) is 0 Å². The number of anilines is 2. The average molecular weight is 340 g/mol. The summed E-state index contributed by atoms with van der Waals surface area (Å²) in [5, 5.41) is 5.86. The minimum atomic E-state index is -0.339. The van der Waals surface area contributed by atoms with Gasteiger partial charge in [0, 0.05) is 18.3 Å². The summed E-state index contributed by atoms with van der Waals surface area (Å²) in [6.45, 7) is 0.599. The highest BCUT2D eigenvalue weighted by atomic mass is 19.1. The fraction of sp³-hybridized carbons (Fsp3) is 0.316. The van der Waals surface area contributed by atoms with Crippen LogP contribution in [0.3, 0.4) is 0 Å². The number of carbonyl (C=O) groups excluding carboxylic acids is 1. The number of nitrogens with zero attached hydrogens (tertiary/aromatic N) is 2. The van der Waals surface area contributed by atoms with E-state index in [1.807, 2.05) is 0 Å². The number of aromatic nitrogens is 2. The molecule has 5 nitrogen and oxygen atoms in total. The van der Waals surface area contributed by atoms with Gasteiger partial charge < -0.3 is 10.6 Å². The van der Waals surface area contributed by atoms with Crippen LogP contribution in [0, 0.1) is 5.82 Å². The zero-order valence-electron chi connectivity index (χ0n) is 14.0. The molecule has 1 amide bonds. The van der Waals surface area contributed by atoms with Crippen molar-refractivity contribution in [3.8, 4) is 0 Å². The molecule has 0 bridgehead atoms. The molecule has 0 unspecified atom stereocenters. The van der Waals surface area contributed by atoms with Crippen molar-refractivity contribution >= 4 is 17.4 Å². The number of nitrogens with one attached hydrogen (secondary N) is 2. The molecule has 2 aromatic rings. The molecule has 0 spiro atoms. The van der Waals surface area contributed by atoms with Gasteiger partial charge in [-0.1, -0.05) is 17.7 Å². The minimum Gasteiger partial charge on any atom is -0.350 e. The first-order valence-corrected chi connectivity index (χ1v) is 8.51. The summed E-state index contributed by atoms with van der Waals surface area (Å²) in [5.41, 5.74) is 2.27. The first-order chi connectivity index (χ1) is 12.2. The summed E-state index contributed by atoms with van der Waals surface area (Å²) in [4.78, 5) is 20.3. The number of hydrogen-bond acceptors (Lipinski definition) is 4. The molecule has 0 radical (unpaired) electrons. The Bertz CT molecular complexity index is 776. The third kappa shape index (κ3) is 5.11. The van der Waals surface area contributed by atoms with Crippen molar-refractivity contribution < 1.29 is 9.18 Å². The average Bonchev–Trinajstić information content (AvgIpc) is 2.63. The number of rotatable bonds is 6. The van der Waals surface area contributed by atoms with Gasteiger partial charge in [-0.05, 0) is 50.3 Å². The Morgan fingerprint density at radius 1 is 1.20 bits per heavy atom. The van der Waals surface area contributed by atoms with Gasteiger partial charge in [0.05, 0.1) is 0 Å². The van der Waals surface area contributed by atoms with E-state index in [9.17, 15) is 9.18 Å². The quantitative estimate of drug-likeness (QED) is 0.781. The van der Waals surface area contributed by atoms with E-state index in [2.05, 4.69) is 26.7 Å². The van der Waals surface area contributed by atoms with E-state index in [4.69, 9.17) is 0 Å². The van der Waals surface area contributed by atoms with Crippen LogP contribution in [-0.2, 0) is 0 Å². The van der Waals surface area contributed by atoms with Crippen LogP contribution >= 0.6 is 0 Å². The minimum absolute atomic E-state index is 0.235. The standard InChI is InChI=1S/C19H21FN4O/c20-15-7-4-8-16(11-15)24-18-12-17(22-13-23-18)19(25)21-10-9-14-5-2-1-3-6-14/h4-5,7-8,11-13H,1-3,6,9-10H2,(H,21,25)(H,22,23,24). The zero-order chi connectivity index (χ0) is 17.5. The van der Waals surface area contributed by atoms with Crippen LogP contribution in [0.4, 0.5) is 15.9 Å². The SMILES string of the molecule is O=C(NCCC1=CCCCC1)c1cc(Nc2cccc(F)c2)ncn1. The highest BCUT2D eigenvalue weighted by molar-refractivity contribution is 5.92. The van der Waals surface area contributed by atoms with Gasteiger partial charge >= 0.3 is 0 Å². The third-order valence-corrected chi connectivity index (χ3v) is 4.11. The lowest BCUT2D eigenvalue weighted by atomic mass is 9.97. The molecule has 3 rings (SSSR count). The van der Waals surface area contributed by atoms with E-state index >= 15 is 0 Å². The maximum Gasteiger partial charge on any atom is 0.270 e. The highest BCUT2D eigenvalue weighted by Gasteiger charge is 2.10. The van der Waals surface area contributed by atoms with Crippen LogP contribution < -0.4 is 10.6 Å². The Hall–Kier alpha value is -2.76. The van der Waals surface area contributed by atoms with Crippen molar-refractivity contribution in [3.63, 3.8) is 0 Å². The molecule has 25 heavy (non-hydrogen) atoms. The molecular formula is C19H21FN4O. The fourth-order valence-corrected chi connectivity index (χ4v) is 2.82. The van der Waals surface area contributed by atoms with Crippen LogP contribution in [-0.4, -0.2) is 22.4 Å². The largest absolute Gasteiger partial charge is 0.350 e. The summed E-state index contributed by atoms with van der Waals surface area (Å²) in [5.74, 6) is -0.129. The molecule has 0 saturated carbocycles. The molecule has 1 aromatic heterocycles. The summed E-state index contributed by atoms with van der Waals surface area (Å²) in [7, 11) is 0. The summed E-state index contributed by atoms with van der Waals surface area (Å²) in [6.07, 6.45) is 9.25. The maximum absolute atomic E-state index is 13.2. The van der Waals surface area contributed by atoms with E-state index < -0.39 is 0 Å². The zero-order valence-corrected chi connectivity index (χ0v) is 14.0. The smallest absolute Gasteiger partial charge is 0.270 e. The van der Waals surface area contributed by atoms with Gasteiger partial charge in [-0.3, -0.25) is 4.79 Å². The summed E-state index contributed by atoms with van der Waals surface area (Å²) < 4.78 is 13.2. The van der Waals surface area contributed by atoms with Gasteiger partial charge in [-0.25, -0.2) is 14.4 Å². The predicted molar refractivity (Wildman–Crippen MR) is 95.2 cm³/mol. The molecule has 0 aliphatic heterocycles. The van der Waals surface area contributed by atoms with Gasteiger partial charge in [0.25, 0.3) is 5.91 Å². The number of amides is 1. The van der Waals surface area contributed by atoms with Crippen molar-refractivity contribution in [2.75, 3.05) is 11.9 Å². The summed E-state index contributed by atoms with van der Waals surface area (Å²) >= 11 is 0.